The summed E-state index contributed by atoms with van der Waals surface area (Å²) >= 11 is 1.37. The van der Waals surface area contributed by atoms with Gasteiger partial charge in [0.25, 0.3) is 0 Å². The maximum atomic E-state index is 12.0. The minimum absolute atomic E-state index is 0.0989. The molecule has 116 valence electrons. The Labute approximate surface area is 129 Å². The second-order valence-corrected chi connectivity index (χ2v) is 8.25. The first kappa shape index (κ1) is 16.2. The number of nitrogens with one attached hydrogen (secondary N) is 2. The van der Waals surface area contributed by atoms with Crippen LogP contribution in [0.25, 0.3) is 10.2 Å². The second-order valence-electron chi connectivity index (χ2n) is 5.37. The van der Waals surface area contributed by atoms with Crippen LogP contribution in [0.3, 0.4) is 0 Å². The number of hydrogen-bond acceptors (Lipinski definition) is 5. The molecule has 0 saturated heterocycles. The number of thiazole rings is 1. The van der Waals surface area contributed by atoms with E-state index < -0.39 is 10.0 Å². The summed E-state index contributed by atoms with van der Waals surface area (Å²) in [5, 5.41) is 3.64. The van der Waals surface area contributed by atoms with E-state index in [0.29, 0.717) is 24.1 Å². The van der Waals surface area contributed by atoms with Crippen molar-refractivity contribution in [2.45, 2.75) is 33.2 Å². The van der Waals surface area contributed by atoms with Crippen LogP contribution in [0.2, 0.25) is 0 Å². The van der Waals surface area contributed by atoms with Gasteiger partial charge in [-0.05, 0) is 37.6 Å². The van der Waals surface area contributed by atoms with E-state index in [2.05, 4.69) is 15.0 Å². The van der Waals surface area contributed by atoms with E-state index in [-0.39, 0.29) is 5.75 Å². The fraction of sp³-hybridized carbons (Fsp3) is 0.500. The van der Waals surface area contributed by atoms with Gasteiger partial charge >= 0.3 is 0 Å². The summed E-state index contributed by atoms with van der Waals surface area (Å²) in [5.41, 5.74) is 1.96. The lowest BCUT2D eigenvalue weighted by Gasteiger charge is -2.08. The van der Waals surface area contributed by atoms with Crippen molar-refractivity contribution in [3.8, 4) is 0 Å². The van der Waals surface area contributed by atoms with Crippen molar-refractivity contribution in [1.29, 1.82) is 0 Å². The van der Waals surface area contributed by atoms with Gasteiger partial charge in [0.05, 0.1) is 16.0 Å². The van der Waals surface area contributed by atoms with E-state index in [4.69, 9.17) is 0 Å². The van der Waals surface area contributed by atoms with Crippen molar-refractivity contribution in [2.75, 3.05) is 17.0 Å². The van der Waals surface area contributed by atoms with Gasteiger partial charge in [0, 0.05) is 6.04 Å². The maximum absolute atomic E-state index is 12.0. The molecule has 0 aliphatic heterocycles. The largest absolute Gasteiger partial charge is 0.314 e. The van der Waals surface area contributed by atoms with Crippen molar-refractivity contribution in [3.05, 3.63) is 23.8 Å². The number of benzene rings is 1. The molecule has 0 amide bonds. The van der Waals surface area contributed by atoms with Gasteiger partial charge in [-0.2, -0.15) is 0 Å². The molecule has 7 heteroatoms. The van der Waals surface area contributed by atoms with E-state index in [1.807, 2.05) is 39.0 Å². The number of rotatable bonds is 7. The lowest BCUT2D eigenvalue weighted by atomic mass is 10.2. The van der Waals surface area contributed by atoms with E-state index in [9.17, 15) is 8.42 Å². The average molecular weight is 327 g/mol. The van der Waals surface area contributed by atoms with Gasteiger partial charge in [-0.15, -0.1) is 0 Å². The van der Waals surface area contributed by atoms with E-state index >= 15 is 0 Å². The molecule has 0 fully saturated rings. The molecular formula is C14H21N3O2S2. The summed E-state index contributed by atoms with van der Waals surface area (Å²) in [7, 11) is -3.33. The Bertz CT molecular complexity index is 708. The van der Waals surface area contributed by atoms with Crippen LogP contribution >= 0.6 is 11.3 Å². The smallest absolute Gasteiger partial charge is 0.234 e. The summed E-state index contributed by atoms with van der Waals surface area (Å²) in [6.07, 6.45) is 0.581. The molecule has 2 aromatic rings. The second kappa shape index (κ2) is 6.72. The van der Waals surface area contributed by atoms with Gasteiger partial charge in [0.1, 0.15) is 0 Å². The van der Waals surface area contributed by atoms with Crippen LogP contribution in [-0.2, 0) is 10.0 Å². The highest BCUT2D eigenvalue weighted by atomic mass is 32.2. The summed E-state index contributed by atoms with van der Waals surface area (Å²) in [5.74, 6) is 0.0989. The van der Waals surface area contributed by atoms with Gasteiger partial charge < -0.3 is 5.32 Å². The summed E-state index contributed by atoms with van der Waals surface area (Å²) in [4.78, 5) is 4.31. The minimum atomic E-state index is -3.33. The lowest BCUT2D eigenvalue weighted by molar-refractivity contribution is 0.571. The quantitative estimate of drug-likeness (QED) is 0.767. The Balaban J connectivity index is 1.98. The molecule has 5 nitrogen and oxygen atoms in total. The van der Waals surface area contributed by atoms with Crippen LogP contribution in [0.1, 0.15) is 25.8 Å². The van der Waals surface area contributed by atoms with Crippen LogP contribution < -0.4 is 10.0 Å². The zero-order valence-corrected chi connectivity index (χ0v) is 14.1. The number of anilines is 1. The normalized spacial score (nSPS) is 12.2. The van der Waals surface area contributed by atoms with Crippen molar-refractivity contribution in [2.24, 2.45) is 0 Å². The standard InChI is InChI=1S/C14H21N3O2S2/c1-10(2)15-7-4-8-21(18,19)17-14-16-12-6-5-11(3)9-13(12)20-14/h5-6,9-10,15H,4,7-8H2,1-3H3,(H,16,17). The number of fused-ring (bicyclic) bond motifs is 1. The molecule has 1 aromatic carbocycles. The van der Waals surface area contributed by atoms with Crippen molar-refractivity contribution < 1.29 is 8.42 Å². The molecule has 0 spiro atoms. The third kappa shape index (κ3) is 4.94. The van der Waals surface area contributed by atoms with Gasteiger partial charge in [0.2, 0.25) is 10.0 Å². The molecular weight excluding hydrogens is 306 g/mol. The number of aryl methyl sites for hydroxylation is 1. The SMILES string of the molecule is Cc1ccc2nc(NS(=O)(=O)CCCNC(C)C)sc2c1. The Morgan fingerprint density at radius 3 is 2.81 bits per heavy atom. The first-order chi connectivity index (χ1) is 9.85. The van der Waals surface area contributed by atoms with E-state index in [1.165, 1.54) is 11.3 Å². The van der Waals surface area contributed by atoms with Crippen molar-refractivity contribution in [1.82, 2.24) is 10.3 Å². The molecule has 1 aromatic heterocycles. The van der Waals surface area contributed by atoms with Crippen molar-refractivity contribution >= 4 is 36.7 Å². The topological polar surface area (TPSA) is 71.1 Å². The molecule has 0 aliphatic rings. The lowest BCUT2D eigenvalue weighted by Crippen LogP contribution is -2.26. The highest BCUT2D eigenvalue weighted by Crippen LogP contribution is 2.27. The van der Waals surface area contributed by atoms with Gasteiger partial charge in [-0.3, -0.25) is 4.72 Å². The Morgan fingerprint density at radius 2 is 2.10 bits per heavy atom. The first-order valence-corrected chi connectivity index (χ1v) is 9.44. The summed E-state index contributed by atoms with van der Waals surface area (Å²) in [6, 6.07) is 6.26. The third-order valence-corrected chi connectivity index (χ3v) is 5.32. The molecule has 1 heterocycles. The molecule has 0 saturated carbocycles. The van der Waals surface area contributed by atoms with Crippen LogP contribution in [0.15, 0.2) is 18.2 Å². The summed E-state index contributed by atoms with van der Waals surface area (Å²) < 4.78 is 27.6. The molecule has 21 heavy (non-hydrogen) atoms. The number of aromatic nitrogens is 1. The Kier molecular flexibility index (Phi) is 5.18. The third-order valence-electron chi connectivity index (χ3n) is 2.93. The highest BCUT2D eigenvalue weighted by molar-refractivity contribution is 7.92. The maximum Gasteiger partial charge on any atom is 0.234 e. The average Bonchev–Trinajstić information content (AvgIpc) is 2.74. The van der Waals surface area contributed by atoms with Crippen molar-refractivity contribution in [3.63, 3.8) is 0 Å². The number of sulfonamides is 1. The molecule has 0 atom stereocenters. The first-order valence-electron chi connectivity index (χ1n) is 6.97. The zero-order chi connectivity index (χ0) is 15.5. The summed E-state index contributed by atoms with van der Waals surface area (Å²) in [6.45, 7) is 6.77. The molecule has 0 bridgehead atoms. The van der Waals surface area contributed by atoms with Crippen LogP contribution in [0.4, 0.5) is 5.13 Å². The van der Waals surface area contributed by atoms with E-state index in [0.717, 1.165) is 15.8 Å². The predicted octanol–water partition coefficient (Wildman–Crippen LogP) is 2.73. The van der Waals surface area contributed by atoms with Gasteiger partial charge in [-0.1, -0.05) is 31.3 Å². The highest BCUT2D eigenvalue weighted by Gasteiger charge is 2.13. The van der Waals surface area contributed by atoms with Crippen LogP contribution in [0.5, 0.6) is 0 Å². The van der Waals surface area contributed by atoms with Crippen LogP contribution in [0, 0.1) is 6.92 Å². The monoisotopic (exact) mass is 327 g/mol. The van der Waals surface area contributed by atoms with Gasteiger partial charge in [0.15, 0.2) is 5.13 Å². The zero-order valence-electron chi connectivity index (χ0n) is 12.5. The minimum Gasteiger partial charge on any atom is -0.314 e. The Morgan fingerprint density at radius 1 is 1.33 bits per heavy atom. The molecule has 2 N–H and O–H groups in total. The van der Waals surface area contributed by atoms with Crippen LogP contribution in [-0.4, -0.2) is 31.7 Å². The number of nitrogens with zero attached hydrogens (tertiary/aromatic N) is 1. The van der Waals surface area contributed by atoms with E-state index in [1.54, 1.807) is 0 Å². The molecule has 0 unspecified atom stereocenters. The molecule has 0 aliphatic carbocycles. The fourth-order valence-electron chi connectivity index (χ4n) is 1.91. The molecule has 0 radical (unpaired) electrons. The predicted molar refractivity (Wildman–Crippen MR) is 89.5 cm³/mol. The molecule has 2 rings (SSSR count). The Hall–Kier alpha value is -1.18. The fourth-order valence-corrected chi connectivity index (χ4v) is 4.21. The number of hydrogen-bond donors (Lipinski definition) is 2. The van der Waals surface area contributed by atoms with Gasteiger partial charge in [-0.25, -0.2) is 13.4 Å².